The highest BCUT2D eigenvalue weighted by atomic mass is 16.7. The molecular weight excluding hydrogens is 480 g/mol. The van der Waals surface area contributed by atoms with E-state index in [0.29, 0.717) is 0 Å². The summed E-state index contributed by atoms with van der Waals surface area (Å²) in [6.45, 7) is -0.168. The Bertz CT molecular complexity index is 652. The lowest BCUT2D eigenvalue weighted by atomic mass is 9.95. The van der Waals surface area contributed by atoms with Crippen LogP contribution >= 0.6 is 0 Å². The lowest BCUT2D eigenvalue weighted by molar-refractivity contribution is -0.354. The van der Waals surface area contributed by atoms with E-state index in [0.717, 1.165) is 0 Å². The fourth-order valence-corrected chi connectivity index (χ4v) is 4.43. The fourth-order valence-electron chi connectivity index (χ4n) is 4.43. The van der Waals surface area contributed by atoms with Gasteiger partial charge in [-0.2, -0.15) is 0 Å². The number of hydrogen-bond acceptors (Lipinski definition) is 15. The Morgan fingerprint density at radius 3 is 1.77 bits per heavy atom. The smallest absolute Gasteiger partial charge is 0.187 e. The summed E-state index contributed by atoms with van der Waals surface area (Å²) >= 11 is 0. The maximum Gasteiger partial charge on any atom is 0.187 e. The molecule has 0 amide bonds. The van der Waals surface area contributed by atoms with Crippen LogP contribution in [0.2, 0.25) is 0 Å². The van der Waals surface area contributed by atoms with Gasteiger partial charge < -0.3 is 74.4 Å². The van der Waals surface area contributed by atoms with Crippen molar-refractivity contribution in [1.29, 1.82) is 0 Å². The number of aliphatic hydroxyl groups is 9. The quantitative estimate of drug-likeness (QED) is 0.146. The number of rotatable bonds is 8. The molecule has 35 heavy (non-hydrogen) atoms. The van der Waals surface area contributed by atoms with Crippen molar-refractivity contribution in [3.05, 3.63) is 0 Å². The fraction of sp³-hybridized carbons (Fsp3) is 1.00. The van der Waals surface area contributed by atoms with Gasteiger partial charge in [-0.15, -0.1) is 0 Å². The third-order valence-electron chi connectivity index (χ3n) is 6.58. The molecule has 3 fully saturated rings. The second kappa shape index (κ2) is 12.3. The maximum absolute atomic E-state index is 10.6. The molecule has 3 aliphatic rings. The van der Waals surface area contributed by atoms with E-state index in [-0.39, 0.29) is 0 Å². The topological polar surface area (TPSA) is 237 Å². The molecule has 0 bridgehead atoms. The van der Waals surface area contributed by atoms with Crippen molar-refractivity contribution >= 4 is 0 Å². The minimum atomic E-state index is -1.68. The van der Waals surface area contributed by atoms with Crippen molar-refractivity contribution < 1.29 is 74.4 Å². The van der Waals surface area contributed by atoms with E-state index < -0.39 is 112 Å². The highest BCUT2D eigenvalue weighted by molar-refractivity contribution is 4.95. The SMILES string of the molecule is CO[C@H]1C(CO[C@@H]2OC(CO)[C@H](O)[C@H](O)C2O)O[C@@H](O[C@H]2C(CO)O[C@@H](C)C(O)[C@H]2O)C(O)[C@H]1O. The van der Waals surface area contributed by atoms with Gasteiger partial charge in [-0.1, -0.05) is 0 Å². The summed E-state index contributed by atoms with van der Waals surface area (Å²) in [5.41, 5.74) is 0. The van der Waals surface area contributed by atoms with Gasteiger partial charge in [0.2, 0.25) is 0 Å². The van der Waals surface area contributed by atoms with Gasteiger partial charge in [-0.3, -0.25) is 0 Å². The van der Waals surface area contributed by atoms with Gasteiger partial charge >= 0.3 is 0 Å². The molecule has 3 saturated heterocycles. The van der Waals surface area contributed by atoms with E-state index >= 15 is 0 Å². The number of ether oxygens (including phenoxy) is 6. The molecule has 3 rings (SSSR count). The van der Waals surface area contributed by atoms with Crippen LogP contribution < -0.4 is 0 Å². The van der Waals surface area contributed by atoms with Crippen LogP contribution in [0.25, 0.3) is 0 Å². The lowest BCUT2D eigenvalue weighted by Gasteiger charge is -2.46. The average Bonchev–Trinajstić information content (AvgIpc) is 2.85. The van der Waals surface area contributed by atoms with Crippen molar-refractivity contribution in [2.75, 3.05) is 26.9 Å². The zero-order chi connectivity index (χ0) is 26.0. The minimum absolute atomic E-state index is 0.433. The van der Waals surface area contributed by atoms with Crippen LogP contribution in [0.15, 0.2) is 0 Å². The Hall–Kier alpha value is -0.600. The molecule has 206 valence electrons. The Balaban J connectivity index is 1.70. The first-order valence-corrected chi connectivity index (χ1v) is 11.3. The van der Waals surface area contributed by atoms with Crippen LogP contribution in [0.1, 0.15) is 6.92 Å². The van der Waals surface area contributed by atoms with Crippen LogP contribution in [0.3, 0.4) is 0 Å². The van der Waals surface area contributed by atoms with Crippen LogP contribution in [0.4, 0.5) is 0 Å². The molecule has 0 saturated carbocycles. The van der Waals surface area contributed by atoms with E-state index in [1.54, 1.807) is 0 Å². The van der Waals surface area contributed by atoms with Crippen LogP contribution in [0.5, 0.6) is 0 Å². The van der Waals surface area contributed by atoms with Crippen molar-refractivity contribution in [3.8, 4) is 0 Å². The predicted octanol–water partition coefficient (Wildman–Crippen LogP) is -5.85. The van der Waals surface area contributed by atoms with Crippen LogP contribution in [0, 0.1) is 0 Å². The monoisotopic (exact) mass is 516 g/mol. The molecule has 0 radical (unpaired) electrons. The van der Waals surface area contributed by atoms with Gasteiger partial charge in [0.25, 0.3) is 0 Å². The van der Waals surface area contributed by atoms with Crippen molar-refractivity contribution in [3.63, 3.8) is 0 Å². The molecule has 0 aromatic carbocycles. The standard InChI is InChI=1S/C20H36O15/c1-6-10(23)13(26)18(8(4-22)32-6)35-20-16(29)14(27)17(30-2)9(34-20)5-31-19-15(28)12(25)11(24)7(3-21)33-19/h6-29H,3-5H2,1-2H3/t6-,7?,8?,9?,10?,11-,12-,13+,14+,15?,16?,17-,18-,19+,20-/m0/s1. The molecule has 0 spiro atoms. The van der Waals surface area contributed by atoms with E-state index in [2.05, 4.69) is 0 Å². The maximum atomic E-state index is 10.6. The summed E-state index contributed by atoms with van der Waals surface area (Å²) in [5.74, 6) is 0. The Kier molecular flexibility index (Phi) is 10.2. The number of methoxy groups -OCH3 is 1. The van der Waals surface area contributed by atoms with Gasteiger partial charge in [-0.05, 0) is 6.92 Å². The van der Waals surface area contributed by atoms with Crippen molar-refractivity contribution in [2.24, 2.45) is 0 Å². The second-order valence-electron chi connectivity index (χ2n) is 8.90. The van der Waals surface area contributed by atoms with Crippen molar-refractivity contribution in [2.45, 2.75) is 98.9 Å². The molecule has 9 N–H and O–H groups in total. The summed E-state index contributed by atoms with van der Waals surface area (Å²) in [6.07, 6.45) is -20.8. The molecule has 3 heterocycles. The van der Waals surface area contributed by atoms with Crippen molar-refractivity contribution in [1.82, 2.24) is 0 Å². The highest BCUT2D eigenvalue weighted by Gasteiger charge is 2.51. The Morgan fingerprint density at radius 1 is 0.600 bits per heavy atom. The molecule has 15 heteroatoms. The summed E-state index contributed by atoms with van der Waals surface area (Å²) in [4.78, 5) is 0. The summed E-state index contributed by atoms with van der Waals surface area (Å²) < 4.78 is 32.7. The van der Waals surface area contributed by atoms with Crippen LogP contribution in [-0.2, 0) is 28.4 Å². The first-order chi connectivity index (χ1) is 16.5. The molecule has 0 aromatic rings. The molecule has 0 aliphatic carbocycles. The Morgan fingerprint density at radius 2 is 1.17 bits per heavy atom. The molecule has 6 unspecified atom stereocenters. The summed E-state index contributed by atoms with van der Waals surface area (Å²) in [5, 5.41) is 90.5. The molecule has 15 nitrogen and oxygen atoms in total. The predicted molar refractivity (Wildman–Crippen MR) is 109 cm³/mol. The van der Waals surface area contributed by atoms with Crippen LogP contribution in [-0.4, -0.2) is 165 Å². The normalized spacial score (nSPS) is 51.3. The van der Waals surface area contributed by atoms with Gasteiger partial charge in [0.1, 0.15) is 73.2 Å². The molecule has 15 atom stereocenters. The van der Waals surface area contributed by atoms with E-state index in [1.807, 2.05) is 0 Å². The zero-order valence-electron chi connectivity index (χ0n) is 19.3. The van der Waals surface area contributed by atoms with Gasteiger partial charge in [-0.25, -0.2) is 0 Å². The second-order valence-corrected chi connectivity index (χ2v) is 8.90. The first kappa shape index (κ1) is 29.0. The largest absolute Gasteiger partial charge is 0.394 e. The summed E-state index contributed by atoms with van der Waals surface area (Å²) in [6, 6.07) is 0. The average molecular weight is 516 g/mol. The molecular formula is C20H36O15. The van der Waals surface area contributed by atoms with Gasteiger partial charge in [0.15, 0.2) is 12.6 Å². The first-order valence-electron chi connectivity index (χ1n) is 11.3. The molecule has 0 aromatic heterocycles. The minimum Gasteiger partial charge on any atom is -0.394 e. The highest BCUT2D eigenvalue weighted by Crippen LogP contribution is 2.31. The third kappa shape index (κ3) is 5.95. The zero-order valence-corrected chi connectivity index (χ0v) is 19.3. The Labute approximate surface area is 200 Å². The van der Waals surface area contributed by atoms with E-state index in [4.69, 9.17) is 28.4 Å². The summed E-state index contributed by atoms with van der Waals surface area (Å²) in [7, 11) is 1.24. The lowest BCUT2D eigenvalue weighted by Crippen LogP contribution is -2.65. The van der Waals surface area contributed by atoms with E-state index in [9.17, 15) is 46.0 Å². The number of aliphatic hydroxyl groups excluding tert-OH is 9. The third-order valence-corrected chi connectivity index (χ3v) is 6.58. The van der Waals surface area contributed by atoms with E-state index in [1.165, 1.54) is 14.0 Å². The molecule has 3 aliphatic heterocycles. The van der Waals surface area contributed by atoms with Gasteiger partial charge in [0.05, 0.1) is 25.9 Å². The van der Waals surface area contributed by atoms with Gasteiger partial charge in [0, 0.05) is 7.11 Å². The number of hydrogen-bond donors (Lipinski definition) is 9.